The standard InChI is InChI=1S/C17H31NOSi/c1-15(2)13-18(11-12-19-3)14-16-7-9-17(10-8-16)20(4,5)6/h7-10,15H,11-14H2,1-6H3. The quantitative estimate of drug-likeness (QED) is 0.682. The molecule has 1 rings (SSSR count). The van der Waals surface area contributed by atoms with Gasteiger partial charge in [-0.05, 0) is 11.5 Å². The SMILES string of the molecule is COCCN(Cc1ccc([Si](C)(C)C)cc1)CC(C)C. The van der Waals surface area contributed by atoms with Crippen LogP contribution in [0.2, 0.25) is 19.6 Å². The van der Waals surface area contributed by atoms with Crippen LogP contribution in [0, 0.1) is 5.92 Å². The fraction of sp³-hybridized carbons (Fsp3) is 0.647. The van der Waals surface area contributed by atoms with Crippen LogP contribution in [-0.2, 0) is 11.3 Å². The smallest absolute Gasteiger partial charge is 0.0775 e. The molecule has 0 atom stereocenters. The lowest BCUT2D eigenvalue weighted by molar-refractivity contribution is 0.136. The molecule has 3 heteroatoms. The van der Waals surface area contributed by atoms with Gasteiger partial charge in [-0.15, -0.1) is 0 Å². The predicted octanol–water partition coefficient (Wildman–Crippen LogP) is 3.34. The van der Waals surface area contributed by atoms with E-state index in [2.05, 4.69) is 62.7 Å². The van der Waals surface area contributed by atoms with E-state index in [9.17, 15) is 0 Å². The molecule has 20 heavy (non-hydrogen) atoms. The monoisotopic (exact) mass is 293 g/mol. The average Bonchev–Trinajstić information content (AvgIpc) is 2.35. The van der Waals surface area contributed by atoms with Gasteiger partial charge < -0.3 is 4.74 Å². The fourth-order valence-electron chi connectivity index (χ4n) is 2.34. The van der Waals surface area contributed by atoms with E-state index in [4.69, 9.17) is 4.74 Å². The van der Waals surface area contributed by atoms with Crippen LogP contribution in [0.25, 0.3) is 0 Å². The molecule has 0 bridgehead atoms. The molecule has 0 heterocycles. The molecule has 0 unspecified atom stereocenters. The van der Waals surface area contributed by atoms with Gasteiger partial charge in [-0.1, -0.05) is 62.9 Å². The van der Waals surface area contributed by atoms with Crippen molar-refractivity contribution in [2.24, 2.45) is 5.92 Å². The lowest BCUT2D eigenvalue weighted by atomic mass is 10.1. The van der Waals surface area contributed by atoms with Crippen molar-refractivity contribution in [3.05, 3.63) is 29.8 Å². The van der Waals surface area contributed by atoms with E-state index >= 15 is 0 Å². The summed E-state index contributed by atoms with van der Waals surface area (Å²) in [5.74, 6) is 0.688. The van der Waals surface area contributed by atoms with Crippen molar-refractivity contribution < 1.29 is 4.74 Å². The molecule has 114 valence electrons. The predicted molar refractivity (Wildman–Crippen MR) is 91.4 cm³/mol. The van der Waals surface area contributed by atoms with Crippen LogP contribution in [0.1, 0.15) is 19.4 Å². The van der Waals surface area contributed by atoms with Gasteiger partial charge in [0.15, 0.2) is 0 Å². The van der Waals surface area contributed by atoms with Gasteiger partial charge in [0.05, 0.1) is 14.7 Å². The van der Waals surface area contributed by atoms with E-state index in [0.717, 1.165) is 26.2 Å². The summed E-state index contributed by atoms with van der Waals surface area (Å²) in [6, 6.07) is 9.25. The summed E-state index contributed by atoms with van der Waals surface area (Å²) in [7, 11) is 0.597. The summed E-state index contributed by atoms with van der Waals surface area (Å²) >= 11 is 0. The van der Waals surface area contributed by atoms with Crippen molar-refractivity contribution in [2.45, 2.75) is 40.0 Å². The minimum atomic E-state index is -1.18. The van der Waals surface area contributed by atoms with Crippen LogP contribution in [0.4, 0.5) is 0 Å². The second-order valence-corrected chi connectivity index (χ2v) is 12.1. The highest BCUT2D eigenvalue weighted by molar-refractivity contribution is 6.88. The van der Waals surface area contributed by atoms with Crippen LogP contribution in [0.3, 0.4) is 0 Å². The van der Waals surface area contributed by atoms with E-state index < -0.39 is 8.07 Å². The van der Waals surface area contributed by atoms with Crippen molar-refractivity contribution in [2.75, 3.05) is 26.8 Å². The number of hydrogen-bond acceptors (Lipinski definition) is 2. The summed E-state index contributed by atoms with van der Waals surface area (Å²) in [5.41, 5.74) is 1.41. The normalized spacial score (nSPS) is 12.4. The topological polar surface area (TPSA) is 12.5 Å². The van der Waals surface area contributed by atoms with Crippen molar-refractivity contribution in [3.8, 4) is 0 Å². The van der Waals surface area contributed by atoms with Crippen LogP contribution in [0.15, 0.2) is 24.3 Å². The third-order valence-electron chi connectivity index (χ3n) is 3.46. The van der Waals surface area contributed by atoms with Crippen LogP contribution < -0.4 is 5.19 Å². The first-order valence-electron chi connectivity index (χ1n) is 7.63. The Hall–Kier alpha value is -0.643. The minimum absolute atomic E-state index is 0.688. The number of benzene rings is 1. The average molecular weight is 294 g/mol. The number of hydrogen-bond donors (Lipinski definition) is 0. The molecule has 0 spiro atoms. The van der Waals surface area contributed by atoms with Gasteiger partial charge in [-0.3, -0.25) is 4.90 Å². The third-order valence-corrected chi connectivity index (χ3v) is 5.53. The zero-order chi connectivity index (χ0) is 15.2. The third kappa shape index (κ3) is 6.20. The molecule has 0 saturated heterocycles. The van der Waals surface area contributed by atoms with Gasteiger partial charge in [-0.2, -0.15) is 0 Å². The van der Waals surface area contributed by atoms with Crippen LogP contribution >= 0.6 is 0 Å². The maximum atomic E-state index is 5.22. The van der Waals surface area contributed by atoms with Crippen molar-refractivity contribution in [3.63, 3.8) is 0 Å². The molecule has 0 amide bonds. The maximum absolute atomic E-state index is 5.22. The molecule has 2 nitrogen and oxygen atoms in total. The largest absolute Gasteiger partial charge is 0.383 e. The number of rotatable bonds is 8. The second-order valence-electron chi connectivity index (χ2n) is 7.07. The van der Waals surface area contributed by atoms with E-state index in [-0.39, 0.29) is 0 Å². The first kappa shape index (κ1) is 17.4. The van der Waals surface area contributed by atoms with Crippen molar-refractivity contribution >= 4 is 13.3 Å². The highest BCUT2D eigenvalue weighted by atomic mass is 28.3. The van der Waals surface area contributed by atoms with Gasteiger partial charge in [0.25, 0.3) is 0 Å². The zero-order valence-corrected chi connectivity index (χ0v) is 15.1. The second kappa shape index (κ2) is 7.96. The Kier molecular flexibility index (Phi) is 6.93. The van der Waals surface area contributed by atoms with E-state index in [0.29, 0.717) is 5.92 Å². The maximum Gasteiger partial charge on any atom is 0.0775 e. The fourth-order valence-corrected chi connectivity index (χ4v) is 3.51. The van der Waals surface area contributed by atoms with Gasteiger partial charge in [0, 0.05) is 26.7 Å². The summed E-state index contributed by atoms with van der Waals surface area (Å²) in [6.07, 6.45) is 0. The Bertz CT molecular complexity index is 381. The minimum Gasteiger partial charge on any atom is -0.383 e. The number of ether oxygens (including phenoxy) is 1. The molecule has 0 aromatic heterocycles. The molecular formula is C17H31NOSi. The number of nitrogens with zero attached hydrogens (tertiary/aromatic N) is 1. The Balaban J connectivity index is 2.68. The zero-order valence-electron chi connectivity index (χ0n) is 14.1. The molecule has 1 aromatic rings. The first-order chi connectivity index (χ1) is 9.32. The summed E-state index contributed by atoms with van der Waals surface area (Å²) in [4.78, 5) is 2.48. The molecule has 0 fully saturated rings. The van der Waals surface area contributed by atoms with E-state index in [1.807, 2.05) is 0 Å². The Labute approximate surface area is 126 Å². The van der Waals surface area contributed by atoms with Crippen molar-refractivity contribution in [1.82, 2.24) is 4.90 Å². The van der Waals surface area contributed by atoms with Crippen LogP contribution in [-0.4, -0.2) is 39.8 Å². The first-order valence-corrected chi connectivity index (χ1v) is 11.1. The Morgan fingerprint density at radius 2 is 1.70 bits per heavy atom. The molecule has 0 N–H and O–H groups in total. The summed E-state index contributed by atoms with van der Waals surface area (Å²) in [6.45, 7) is 15.7. The molecule has 0 radical (unpaired) electrons. The highest BCUT2D eigenvalue weighted by Crippen LogP contribution is 2.09. The summed E-state index contributed by atoms with van der Waals surface area (Å²) < 4.78 is 5.22. The molecule has 0 aliphatic rings. The molecular weight excluding hydrogens is 262 g/mol. The summed E-state index contributed by atoms with van der Waals surface area (Å²) in [5, 5.41) is 1.54. The number of methoxy groups -OCH3 is 1. The van der Waals surface area contributed by atoms with E-state index in [1.165, 1.54) is 10.8 Å². The molecule has 0 aliphatic carbocycles. The van der Waals surface area contributed by atoms with E-state index in [1.54, 1.807) is 7.11 Å². The van der Waals surface area contributed by atoms with Gasteiger partial charge in [-0.25, -0.2) is 0 Å². The van der Waals surface area contributed by atoms with Gasteiger partial charge >= 0.3 is 0 Å². The molecule has 1 aromatic carbocycles. The highest BCUT2D eigenvalue weighted by Gasteiger charge is 2.16. The lowest BCUT2D eigenvalue weighted by Crippen LogP contribution is -2.37. The van der Waals surface area contributed by atoms with Crippen LogP contribution in [0.5, 0.6) is 0 Å². The van der Waals surface area contributed by atoms with Gasteiger partial charge in [0.2, 0.25) is 0 Å². The molecule has 0 aliphatic heterocycles. The van der Waals surface area contributed by atoms with Crippen molar-refractivity contribution in [1.29, 1.82) is 0 Å². The Morgan fingerprint density at radius 1 is 1.10 bits per heavy atom. The molecule has 0 saturated carbocycles. The Morgan fingerprint density at radius 3 is 2.15 bits per heavy atom. The van der Waals surface area contributed by atoms with Gasteiger partial charge in [0.1, 0.15) is 0 Å². The lowest BCUT2D eigenvalue weighted by Gasteiger charge is -2.24.